The van der Waals surface area contributed by atoms with Crippen LogP contribution in [0.3, 0.4) is 0 Å². The fourth-order valence-corrected chi connectivity index (χ4v) is 2.17. The lowest BCUT2D eigenvalue weighted by Crippen LogP contribution is -2.22. The molecule has 1 aromatic carbocycles. The number of carboxylic acids is 2. The van der Waals surface area contributed by atoms with E-state index in [1.165, 1.54) is 0 Å². The van der Waals surface area contributed by atoms with Gasteiger partial charge in [0.1, 0.15) is 0 Å². The first-order valence-electron chi connectivity index (χ1n) is 4.99. The second-order valence-electron chi connectivity index (χ2n) is 3.86. The fourth-order valence-electron chi connectivity index (χ4n) is 1.53. The van der Waals surface area contributed by atoms with Crippen molar-refractivity contribution < 1.29 is 33.1 Å². The van der Waals surface area contributed by atoms with E-state index in [0.29, 0.717) is 6.07 Å². The van der Waals surface area contributed by atoms with Crippen molar-refractivity contribution in [1.82, 2.24) is 0 Å². The third-order valence-corrected chi connectivity index (χ3v) is 3.54. The van der Waals surface area contributed by atoms with Gasteiger partial charge in [0.2, 0.25) is 0 Å². The van der Waals surface area contributed by atoms with Gasteiger partial charge < -0.3 is 10.2 Å². The lowest BCUT2D eigenvalue weighted by molar-refractivity contribution is -0.385. The maximum atomic E-state index is 11.3. The number of rotatable bonds is 5. The van der Waals surface area contributed by atoms with Crippen LogP contribution in [-0.4, -0.2) is 41.7 Å². The standard InChI is InChI=1S/C10H9NO8S/c1-20(18,19)5-2-3-6(7(4-5)11(16)17)8(9(12)13)10(14)15/h2-4,8H,1H3,(H,12,13)(H,14,15). The molecule has 20 heavy (non-hydrogen) atoms. The highest BCUT2D eigenvalue weighted by atomic mass is 32.2. The molecule has 0 unspecified atom stereocenters. The Labute approximate surface area is 112 Å². The summed E-state index contributed by atoms with van der Waals surface area (Å²) in [4.78, 5) is 31.2. The Morgan fingerprint density at radius 3 is 2.10 bits per heavy atom. The smallest absolute Gasteiger partial charge is 0.322 e. The van der Waals surface area contributed by atoms with Crippen molar-refractivity contribution in [2.45, 2.75) is 10.8 Å². The number of hydrogen-bond acceptors (Lipinski definition) is 6. The van der Waals surface area contributed by atoms with E-state index in [1.54, 1.807) is 0 Å². The van der Waals surface area contributed by atoms with Gasteiger partial charge in [-0.05, 0) is 12.1 Å². The molecule has 0 atom stereocenters. The van der Waals surface area contributed by atoms with Crippen LogP contribution in [0.15, 0.2) is 23.1 Å². The predicted molar refractivity (Wildman–Crippen MR) is 64.2 cm³/mol. The quantitative estimate of drug-likeness (QED) is 0.446. The average Bonchev–Trinajstić information content (AvgIpc) is 2.26. The van der Waals surface area contributed by atoms with E-state index in [9.17, 15) is 28.1 Å². The maximum Gasteiger partial charge on any atom is 0.322 e. The van der Waals surface area contributed by atoms with Crippen molar-refractivity contribution in [3.05, 3.63) is 33.9 Å². The number of sulfone groups is 1. The van der Waals surface area contributed by atoms with E-state index in [2.05, 4.69) is 0 Å². The highest BCUT2D eigenvalue weighted by Gasteiger charge is 2.34. The molecule has 9 nitrogen and oxygen atoms in total. The number of nitro groups is 1. The molecule has 1 aromatic rings. The first kappa shape index (κ1) is 15.6. The Balaban J connectivity index is 3.60. The van der Waals surface area contributed by atoms with E-state index < -0.39 is 48.8 Å². The van der Waals surface area contributed by atoms with E-state index in [4.69, 9.17) is 10.2 Å². The summed E-state index contributed by atoms with van der Waals surface area (Å²) in [7, 11) is -3.74. The van der Waals surface area contributed by atoms with Crippen LogP contribution in [0, 0.1) is 10.1 Å². The van der Waals surface area contributed by atoms with Gasteiger partial charge in [0.25, 0.3) is 5.69 Å². The average molecular weight is 303 g/mol. The van der Waals surface area contributed by atoms with Crippen molar-refractivity contribution in [3.8, 4) is 0 Å². The highest BCUT2D eigenvalue weighted by Crippen LogP contribution is 2.29. The van der Waals surface area contributed by atoms with Crippen LogP contribution in [0.4, 0.5) is 5.69 Å². The van der Waals surface area contributed by atoms with Crippen LogP contribution in [0.25, 0.3) is 0 Å². The molecule has 0 bridgehead atoms. The van der Waals surface area contributed by atoms with Crippen molar-refractivity contribution in [1.29, 1.82) is 0 Å². The second-order valence-corrected chi connectivity index (χ2v) is 5.88. The maximum absolute atomic E-state index is 11.3. The zero-order valence-electron chi connectivity index (χ0n) is 10.0. The monoisotopic (exact) mass is 303 g/mol. The van der Waals surface area contributed by atoms with Crippen molar-refractivity contribution in [2.24, 2.45) is 0 Å². The summed E-state index contributed by atoms with van der Waals surface area (Å²) in [6, 6.07) is 2.39. The topological polar surface area (TPSA) is 152 Å². The number of nitro benzene ring substituents is 1. The number of benzene rings is 1. The Kier molecular flexibility index (Phi) is 4.08. The lowest BCUT2D eigenvalue weighted by Gasteiger charge is -2.09. The number of carboxylic acid groups (broad SMARTS) is 2. The molecule has 0 heterocycles. The van der Waals surface area contributed by atoms with E-state index in [0.717, 1.165) is 18.4 Å². The molecule has 0 aliphatic carbocycles. The molecule has 1 rings (SSSR count). The van der Waals surface area contributed by atoms with Crippen molar-refractivity contribution in [3.63, 3.8) is 0 Å². The zero-order chi connectivity index (χ0) is 15.7. The molecular formula is C10H9NO8S. The Morgan fingerprint density at radius 2 is 1.75 bits per heavy atom. The minimum Gasteiger partial charge on any atom is -0.480 e. The Morgan fingerprint density at radius 1 is 1.25 bits per heavy atom. The molecule has 0 aliphatic rings. The van der Waals surface area contributed by atoms with E-state index in [-0.39, 0.29) is 0 Å². The molecule has 0 amide bonds. The second kappa shape index (κ2) is 5.25. The van der Waals surface area contributed by atoms with Gasteiger partial charge in [0.15, 0.2) is 15.8 Å². The summed E-state index contributed by atoms with van der Waals surface area (Å²) in [6.45, 7) is 0. The third kappa shape index (κ3) is 3.09. The summed E-state index contributed by atoms with van der Waals surface area (Å²) in [6.07, 6.45) is 0.817. The molecule has 2 N–H and O–H groups in total. The summed E-state index contributed by atoms with van der Waals surface area (Å²) in [5, 5.41) is 28.5. The molecule has 0 fully saturated rings. The first-order chi connectivity index (χ1) is 9.05. The van der Waals surface area contributed by atoms with Gasteiger partial charge in [0.05, 0.1) is 15.4 Å². The zero-order valence-corrected chi connectivity index (χ0v) is 10.8. The van der Waals surface area contributed by atoms with Crippen LogP contribution in [-0.2, 0) is 19.4 Å². The predicted octanol–water partition coefficient (Wildman–Crippen LogP) is 0.251. The summed E-state index contributed by atoms with van der Waals surface area (Å²) in [5.74, 6) is -5.72. The Hall–Kier alpha value is -2.49. The fraction of sp³-hybridized carbons (Fsp3) is 0.200. The Bertz CT molecular complexity index is 679. The largest absolute Gasteiger partial charge is 0.480 e. The van der Waals surface area contributed by atoms with Crippen LogP contribution >= 0.6 is 0 Å². The lowest BCUT2D eigenvalue weighted by atomic mass is 9.98. The number of hydrogen-bond donors (Lipinski definition) is 2. The van der Waals surface area contributed by atoms with Crippen molar-refractivity contribution in [2.75, 3.05) is 6.26 Å². The van der Waals surface area contributed by atoms with Gasteiger partial charge in [-0.3, -0.25) is 19.7 Å². The number of aliphatic carboxylic acids is 2. The SMILES string of the molecule is CS(=O)(=O)c1ccc(C(C(=O)O)C(=O)O)c([N+](=O)[O-])c1. The molecule has 0 radical (unpaired) electrons. The molecule has 0 aromatic heterocycles. The highest BCUT2D eigenvalue weighted by molar-refractivity contribution is 7.90. The summed E-state index contributed by atoms with van der Waals surface area (Å²) >= 11 is 0. The minimum absolute atomic E-state index is 0.400. The van der Waals surface area contributed by atoms with Gasteiger partial charge in [-0.25, -0.2) is 8.42 Å². The van der Waals surface area contributed by atoms with E-state index >= 15 is 0 Å². The molecule has 108 valence electrons. The van der Waals surface area contributed by atoms with Crippen LogP contribution in [0.5, 0.6) is 0 Å². The van der Waals surface area contributed by atoms with Gasteiger partial charge in [0, 0.05) is 12.3 Å². The van der Waals surface area contributed by atoms with Crippen molar-refractivity contribution >= 4 is 27.5 Å². The van der Waals surface area contributed by atoms with Crippen LogP contribution in [0.2, 0.25) is 0 Å². The molecule has 0 saturated heterocycles. The molecule has 0 saturated carbocycles. The first-order valence-corrected chi connectivity index (χ1v) is 6.89. The van der Waals surface area contributed by atoms with Gasteiger partial charge >= 0.3 is 11.9 Å². The molecule has 10 heteroatoms. The molecule has 0 spiro atoms. The minimum atomic E-state index is -3.74. The van der Waals surface area contributed by atoms with E-state index in [1.807, 2.05) is 0 Å². The molecular weight excluding hydrogens is 294 g/mol. The van der Waals surface area contributed by atoms with Crippen LogP contribution in [0.1, 0.15) is 11.5 Å². The normalized spacial score (nSPS) is 11.3. The molecule has 0 aliphatic heterocycles. The van der Waals surface area contributed by atoms with Crippen LogP contribution < -0.4 is 0 Å². The van der Waals surface area contributed by atoms with Gasteiger partial charge in [-0.1, -0.05) is 0 Å². The van der Waals surface area contributed by atoms with Gasteiger partial charge in [-0.15, -0.1) is 0 Å². The summed E-state index contributed by atoms with van der Waals surface area (Å²) in [5.41, 5.74) is -1.47. The summed E-state index contributed by atoms with van der Waals surface area (Å²) < 4.78 is 22.6. The van der Waals surface area contributed by atoms with Gasteiger partial charge in [-0.2, -0.15) is 0 Å². The third-order valence-electron chi connectivity index (χ3n) is 2.43. The number of carbonyl (C=O) groups is 2. The number of nitrogens with zero attached hydrogens (tertiary/aromatic N) is 1.